The van der Waals surface area contributed by atoms with Gasteiger partial charge in [-0.05, 0) is 43.4 Å². The average molecular weight is 382 g/mol. The fraction of sp³-hybridized carbons (Fsp3) is 0.444. The van der Waals surface area contributed by atoms with Crippen molar-refractivity contribution in [3.8, 4) is 0 Å². The first-order valence-corrected chi connectivity index (χ1v) is 10.6. The summed E-state index contributed by atoms with van der Waals surface area (Å²) in [6, 6.07) is 12.7. The van der Waals surface area contributed by atoms with E-state index in [9.17, 15) is 13.5 Å². The molecule has 7 heteroatoms. The molecule has 2 heterocycles. The predicted octanol–water partition coefficient (Wildman–Crippen LogP) is 2.65. The van der Waals surface area contributed by atoms with E-state index in [-0.39, 0.29) is 16.7 Å². The molecule has 5 nitrogen and oxygen atoms in total. The highest BCUT2D eigenvalue weighted by Gasteiger charge is 2.40. The zero-order valence-corrected chi connectivity index (χ0v) is 15.8. The van der Waals surface area contributed by atoms with Crippen LogP contribution in [-0.4, -0.2) is 33.3 Å². The summed E-state index contributed by atoms with van der Waals surface area (Å²) < 4.78 is 33.4. The van der Waals surface area contributed by atoms with E-state index < -0.39 is 15.6 Å². The van der Waals surface area contributed by atoms with Crippen molar-refractivity contribution < 1.29 is 18.3 Å². The second-order valence-corrected chi connectivity index (χ2v) is 9.65. The van der Waals surface area contributed by atoms with E-state index in [1.807, 2.05) is 37.3 Å². The molecule has 1 saturated heterocycles. The van der Waals surface area contributed by atoms with Gasteiger partial charge < -0.3 is 9.84 Å². The van der Waals surface area contributed by atoms with E-state index in [1.165, 1.54) is 11.3 Å². The van der Waals surface area contributed by atoms with Crippen molar-refractivity contribution in [3.63, 3.8) is 0 Å². The van der Waals surface area contributed by atoms with Crippen molar-refractivity contribution >= 4 is 21.4 Å². The monoisotopic (exact) mass is 381 g/mol. The second kappa shape index (κ2) is 7.55. The molecule has 1 aromatic carbocycles. The highest BCUT2D eigenvalue weighted by atomic mass is 32.2. The van der Waals surface area contributed by atoms with Crippen molar-refractivity contribution in [1.82, 2.24) is 4.72 Å². The summed E-state index contributed by atoms with van der Waals surface area (Å²) in [4.78, 5) is 0.933. The molecule has 2 aromatic rings. The molecule has 1 aliphatic heterocycles. The molecule has 0 amide bonds. The maximum absolute atomic E-state index is 12.6. The number of benzene rings is 1. The van der Waals surface area contributed by atoms with Gasteiger partial charge in [0.25, 0.3) is 0 Å². The van der Waals surface area contributed by atoms with Gasteiger partial charge in [0.15, 0.2) is 0 Å². The Morgan fingerprint density at radius 2 is 1.88 bits per heavy atom. The minimum atomic E-state index is -3.64. The number of hydrogen-bond acceptors (Lipinski definition) is 5. The van der Waals surface area contributed by atoms with Gasteiger partial charge in [-0.25, -0.2) is 13.1 Å². The molecule has 1 fully saturated rings. The van der Waals surface area contributed by atoms with Crippen molar-refractivity contribution in [2.24, 2.45) is 5.92 Å². The molecule has 0 aliphatic carbocycles. The Morgan fingerprint density at radius 3 is 2.48 bits per heavy atom. The normalized spacial score (nSPS) is 18.8. The van der Waals surface area contributed by atoms with Crippen LogP contribution in [0, 0.1) is 12.8 Å². The second-order valence-electron chi connectivity index (χ2n) is 6.37. The third-order valence-corrected chi connectivity index (χ3v) is 7.58. The Morgan fingerprint density at radius 1 is 1.20 bits per heavy atom. The highest BCUT2D eigenvalue weighted by Crippen LogP contribution is 2.36. The molecular weight excluding hydrogens is 358 g/mol. The zero-order valence-electron chi connectivity index (χ0n) is 14.1. The molecular formula is C18H23NO4S2. The van der Waals surface area contributed by atoms with Crippen LogP contribution in [0.2, 0.25) is 0 Å². The molecule has 25 heavy (non-hydrogen) atoms. The largest absolute Gasteiger partial charge is 0.383 e. The fourth-order valence-corrected chi connectivity index (χ4v) is 5.62. The predicted molar refractivity (Wildman–Crippen MR) is 98.1 cm³/mol. The molecule has 3 rings (SSSR count). The van der Waals surface area contributed by atoms with Crippen molar-refractivity contribution in [2.45, 2.75) is 29.6 Å². The molecule has 1 aliphatic rings. The highest BCUT2D eigenvalue weighted by molar-refractivity contribution is 7.91. The Bertz CT molecular complexity index is 797. The lowest BCUT2D eigenvalue weighted by atomic mass is 9.77. The first-order valence-electron chi connectivity index (χ1n) is 8.33. The summed E-state index contributed by atoms with van der Waals surface area (Å²) in [6.07, 6.45) is 1.40. The van der Waals surface area contributed by atoms with E-state index in [0.717, 1.165) is 10.4 Å². The van der Waals surface area contributed by atoms with Crippen LogP contribution < -0.4 is 4.72 Å². The van der Waals surface area contributed by atoms with E-state index >= 15 is 0 Å². The first-order chi connectivity index (χ1) is 11.9. The van der Waals surface area contributed by atoms with E-state index in [2.05, 4.69) is 4.72 Å². The van der Waals surface area contributed by atoms with E-state index in [4.69, 9.17) is 4.74 Å². The van der Waals surface area contributed by atoms with Gasteiger partial charge in [-0.15, -0.1) is 11.3 Å². The van der Waals surface area contributed by atoms with Crippen molar-refractivity contribution in [2.75, 3.05) is 19.8 Å². The van der Waals surface area contributed by atoms with Crippen LogP contribution in [0.5, 0.6) is 0 Å². The van der Waals surface area contributed by atoms with Crippen molar-refractivity contribution in [3.05, 3.63) is 52.9 Å². The number of thiophene rings is 1. The Hall–Kier alpha value is -1.25. The quantitative estimate of drug-likeness (QED) is 0.807. The summed E-state index contributed by atoms with van der Waals surface area (Å²) in [5, 5.41) is 11.4. The molecule has 0 bridgehead atoms. The number of aryl methyl sites for hydroxylation is 1. The van der Waals surface area contributed by atoms with Gasteiger partial charge in [0.2, 0.25) is 10.0 Å². The Kier molecular flexibility index (Phi) is 5.60. The Labute approximate surface area is 152 Å². The summed E-state index contributed by atoms with van der Waals surface area (Å²) in [5.74, 6) is -0.0589. The molecule has 0 spiro atoms. The maximum Gasteiger partial charge on any atom is 0.250 e. The number of aliphatic hydroxyl groups is 1. The zero-order chi connectivity index (χ0) is 17.9. The van der Waals surface area contributed by atoms with Gasteiger partial charge in [0.1, 0.15) is 9.81 Å². The molecule has 2 N–H and O–H groups in total. The molecule has 0 saturated carbocycles. The van der Waals surface area contributed by atoms with Gasteiger partial charge in [-0.2, -0.15) is 0 Å². The van der Waals surface area contributed by atoms with Crippen LogP contribution in [-0.2, 0) is 20.4 Å². The van der Waals surface area contributed by atoms with Crippen molar-refractivity contribution in [1.29, 1.82) is 0 Å². The van der Waals surface area contributed by atoms with Crippen LogP contribution >= 0.6 is 11.3 Å². The van der Waals surface area contributed by atoms with Crippen LogP contribution in [0.1, 0.15) is 23.3 Å². The summed E-state index contributed by atoms with van der Waals surface area (Å²) in [5.41, 5.74) is -0.531. The molecule has 1 aromatic heterocycles. The maximum atomic E-state index is 12.6. The standard InChI is InChI=1S/C18H23NO4S2/c1-14-7-8-17(24-14)25(21,22)19-13-18(20,15-5-3-2-4-6-15)16-9-11-23-12-10-16/h2-8,16,19-20H,9-13H2,1H3/t18-/m0/s1. The molecule has 0 unspecified atom stereocenters. The van der Waals surface area contributed by atoms with E-state index in [1.54, 1.807) is 12.1 Å². The molecule has 1 atom stereocenters. The van der Waals surface area contributed by atoms with Crippen LogP contribution in [0.15, 0.2) is 46.7 Å². The first kappa shape index (κ1) is 18.5. The minimum Gasteiger partial charge on any atom is -0.383 e. The van der Waals surface area contributed by atoms with Gasteiger partial charge in [-0.1, -0.05) is 30.3 Å². The van der Waals surface area contributed by atoms with Gasteiger partial charge in [0.05, 0.1) is 0 Å². The van der Waals surface area contributed by atoms with Gasteiger partial charge in [-0.3, -0.25) is 0 Å². The summed E-state index contributed by atoms with van der Waals surface area (Å²) in [7, 11) is -3.64. The van der Waals surface area contributed by atoms with Crippen LogP contribution in [0.4, 0.5) is 0 Å². The lowest BCUT2D eigenvalue weighted by Crippen LogP contribution is -2.47. The SMILES string of the molecule is Cc1ccc(S(=O)(=O)NC[C@](O)(c2ccccc2)C2CCOCC2)s1. The number of ether oxygens (including phenoxy) is 1. The van der Waals surface area contributed by atoms with Gasteiger partial charge in [0, 0.05) is 24.6 Å². The van der Waals surface area contributed by atoms with Crippen LogP contribution in [0.3, 0.4) is 0 Å². The summed E-state index contributed by atoms with van der Waals surface area (Å²) in [6.45, 7) is 2.97. The van der Waals surface area contributed by atoms with E-state index in [0.29, 0.717) is 26.1 Å². The topological polar surface area (TPSA) is 75.6 Å². The molecule has 136 valence electrons. The van der Waals surface area contributed by atoms with Gasteiger partial charge >= 0.3 is 0 Å². The third kappa shape index (κ3) is 4.12. The van der Waals surface area contributed by atoms with Crippen LogP contribution in [0.25, 0.3) is 0 Å². The average Bonchev–Trinajstić information content (AvgIpc) is 3.09. The molecule has 0 radical (unpaired) electrons. The smallest absolute Gasteiger partial charge is 0.250 e. The number of sulfonamides is 1. The number of rotatable bonds is 6. The summed E-state index contributed by atoms with van der Waals surface area (Å²) >= 11 is 1.22. The third-order valence-electron chi connectivity index (χ3n) is 4.68. The number of nitrogens with one attached hydrogen (secondary N) is 1. The lowest BCUT2D eigenvalue weighted by Gasteiger charge is -2.39. The number of hydrogen-bond donors (Lipinski definition) is 2. The fourth-order valence-electron chi connectivity index (χ4n) is 3.22. The lowest BCUT2D eigenvalue weighted by molar-refractivity contribution is -0.0663. The minimum absolute atomic E-state index is 0.0546. The Balaban J connectivity index is 1.85.